The molecular formula is C12H12F3N. The molecule has 0 heterocycles. The van der Waals surface area contributed by atoms with Crippen molar-refractivity contribution in [1.29, 1.82) is 0 Å². The molecule has 1 aromatic carbocycles. The average molecular weight is 227 g/mol. The van der Waals surface area contributed by atoms with Crippen molar-refractivity contribution in [3.05, 3.63) is 29.8 Å². The van der Waals surface area contributed by atoms with Gasteiger partial charge in [0.05, 0.1) is 5.56 Å². The van der Waals surface area contributed by atoms with Crippen molar-refractivity contribution in [3.8, 4) is 11.8 Å². The first-order chi connectivity index (χ1) is 7.54. The molecule has 0 aromatic heterocycles. The number of anilines is 1. The van der Waals surface area contributed by atoms with E-state index >= 15 is 0 Å². The molecule has 0 bridgehead atoms. The lowest BCUT2D eigenvalue weighted by atomic mass is 10.2. The fraction of sp³-hybridized carbons (Fsp3) is 0.333. The van der Waals surface area contributed by atoms with Gasteiger partial charge in [-0.3, -0.25) is 0 Å². The second-order valence-electron chi connectivity index (χ2n) is 3.18. The third kappa shape index (κ3) is 3.85. The van der Waals surface area contributed by atoms with Crippen LogP contribution >= 0.6 is 0 Å². The summed E-state index contributed by atoms with van der Waals surface area (Å²) in [5.41, 5.74) is 0.0392. The lowest BCUT2D eigenvalue weighted by Crippen LogP contribution is -2.05. The molecule has 1 nitrogen and oxygen atoms in total. The van der Waals surface area contributed by atoms with Crippen LogP contribution in [0, 0.1) is 11.8 Å². The molecule has 0 saturated carbocycles. The summed E-state index contributed by atoms with van der Waals surface area (Å²) in [6, 6.07) is 4.96. The molecule has 1 rings (SSSR count). The zero-order chi connectivity index (χ0) is 12.0. The Kier molecular flexibility index (Phi) is 4.24. The summed E-state index contributed by atoms with van der Waals surface area (Å²) in [7, 11) is 0. The van der Waals surface area contributed by atoms with Gasteiger partial charge in [0, 0.05) is 18.7 Å². The molecular weight excluding hydrogens is 215 g/mol. The smallest absolute Gasteiger partial charge is 0.384 e. The Balaban J connectivity index is 2.54. The number of rotatable bonds is 3. The molecule has 0 atom stereocenters. The highest BCUT2D eigenvalue weighted by Gasteiger charge is 2.29. The predicted octanol–water partition coefficient (Wildman–Crippen LogP) is 3.53. The summed E-state index contributed by atoms with van der Waals surface area (Å²) < 4.78 is 36.7. The number of hydrogen-bond donors (Lipinski definition) is 1. The zero-order valence-corrected chi connectivity index (χ0v) is 8.86. The fourth-order valence-electron chi connectivity index (χ4n) is 1.17. The minimum Gasteiger partial charge on any atom is -0.384 e. The van der Waals surface area contributed by atoms with E-state index in [1.54, 1.807) is 6.92 Å². The Hall–Kier alpha value is -1.63. The maximum absolute atomic E-state index is 12.2. The molecule has 0 aliphatic heterocycles. The number of alkyl halides is 3. The summed E-state index contributed by atoms with van der Waals surface area (Å²) in [5, 5.41) is 2.99. The first-order valence-corrected chi connectivity index (χ1v) is 4.85. The molecule has 0 spiro atoms. The Morgan fingerprint density at radius 1 is 1.19 bits per heavy atom. The SMILES string of the molecule is CC#CCCNc1ccc(C(F)(F)F)cc1. The van der Waals surface area contributed by atoms with Crippen LogP contribution in [0.1, 0.15) is 18.9 Å². The van der Waals surface area contributed by atoms with Crippen molar-refractivity contribution in [2.24, 2.45) is 0 Å². The van der Waals surface area contributed by atoms with Crippen LogP contribution < -0.4 is 5.32 Å². The van der Waals surface area contributed by atoms with Gasteiger partial charge < -0.3 is 5.32 Å². The van der Waals surface area contributed by atoms with Crippen molar-refractivity contribution in [2.45, 2.75) is 19.5 Å². The average Bonchev–Trinajstić information content (AvgIpc) is 2.24. The lowest BCUT2D eigenvalue weighted by molar-refractivity contribution is -0.137. The fourth-order valence-corrected chi connectivity index (χ4v) is 1.17. The van der Waals surface area contributed by atoms with Gasteiger partial charge in [0.2, 0.25) is 0 Å². The minimum absolute atomic E-state index is 0.631. The second-order valence-corrected chi connectivity index (χ2v) is 3.18. The van der Waals surface area contributed by atoms with Crippen molar-refractivity contribution in [3.63, 3.8) is 0 Å². The molecule has 1 aromatic rings. The molecule has 16 heavy (non-hydrogen) atoms. The van der Waals surface area contributed by atoms with E-state index in [-0.39, 0.29) is 0 Å². The first kappa shape index (κ1) is 12.4. The Bertz CT molecular complexity index is 381. The molecule has 1 N–H and O–H groups in total. The topological polar surface area (TPSA) is 12.0 Å². The summed E-state index contributed by atoms with van der Waals surface area (Å²) >= 11 is 0. The number of hydrogen-bond acceptors (Lipinski definition) is 1. The Morgan fingerprint density at radius 3 is 2.31 bits per heavy atom. The van der Waals surface area contributed by atoms with Crippen LogP contribution in [0.15, 0.2) is 24.3 Å². The van der Waals surface area contributed by atoms with Gasteiger partial charge in [0.25, 0.3) is 0 Å². The number of halogens is 3. The molecule has 0 aliphatic rings. The van der Waals surface area contributed by atoms with E-state index in [0.717, 1.165) is 12.1 Å². The Morgan fingerprint density at radius 2 is 1.81 bits per heavy atom. The van der Waals surface area contributed by atoms with Gasteiger partial charge in [0.1, 0.15) is 0 Å². The van der Waals surface area contributed by atoms with Crippen molar-refractivity contribution in [1.82, 2.24) is 0 Å². The highest BCUT2D eigenvalue weighted by atomic mass is 19.4. The van der Waals surface area contributed by atoms with Gasteiger partial charge in [-0.1, -0.05) is 0 Å². The van der Waals surface area contributed by atoms with Gasteiger partial charge in [-0.25, -0.2) is 0 Å². The summed E-state index contributed by atoms with van der Waals surface area (Å²) in [6.45, 7) is 2.38. The molecule has 0 fully saturated rings. The van der Waals surface area contributed by atoms with Crippen molar-refractivity contribution < 1.29 is 13.2 Å². The highest BCUT2D eigenvalue weighted by molar-refractivity contribution is 5.45. The van der Waals surface area contributed by atoms with E-state index in [1.807, 2.05) is 0 Å². The summed E-state index contributed by atoms with van der Waals surface area (Å²) in [6.07, 6.45) is -3.59. The maximum Gasteiger partial charge on any atom is 0.416 e. The normalized spacial score (nSPS) is 10.5. The predicted molar refractivity (Wildman–Crippen MR) is 58.0 cm³/mol. The molecule has 0 aliphatic carbocycles. The van der Waals surface area contributed by atoms with Crippen LogP contribution in [-0.2, 0) is 6.18 Å². The molecule has 4 heteroatoms. The van der Waals surface area contributed by atoms with E-state index < -0.39 is 11.7 Å². The van der Waals surface area contributed by atoms with Gasteiger partial charge in [-0.15, -0.1) is 11.8 Å². The van der Waals surface area contributed by atoms with Gasteiger partial charge >= 0.3 is 6.18 Å². The van der Waals surface area contributed by atoms with Crippen LogP contribution in [0.3, 0.4) is 0 Å². The highest BCUT2D eigenvalue weighted by Crippen LogP contribution is 2.29. The summed E-state index contributed by atoms with van der Waals surface area (Å²) in [5.74, 6) is 5.61. The largest absolute Gasteiger partial charge is 0.416 e. The number of nitrogens with one attached hydrogen (secondary N) is 1. The molecule has 0 amide bonds. The van der Waals surface area contributed by atoms with E-state index in [2.05, 4.69) is 17.2 Å². The Labute approximate surface area is 92.7 Å². The maximum atomic E-state index is 12.2. The monoisotopic (exact) mass is 227 g/mol. The second kappa shape index (κ2) is 5.45. The van der Waals surface area contributed by atoms with E-state index in [0.29, 0.717) is 18.7 Å². The van der Waals surface area contributed by atoms with Crippen molar-refractivity contribution >= 4 is 5.69 Å². The first-order valence-electron chi connectivity index (χ1n) is 4.85. The van der Waals surface area contributed by atoms with Crippen LogP contribution in [0.2, 0.25) is 0 Å². The van der Waals surface area contributed by atoms with Crippen LogP contribution in [-0.4, -0.2) is 6.54 Å². The molecule has 0 saturated heterocycles. The zero-order valence-electron chi connectivity index (χ0n) is 8.86. The standard InChI is InChI=1S/C12H12F3N/c1-2-3-4-9-16-11-7-5-10(6-8-11)12(13,14)15/h5-8,16H,4,9H2,1H3. The van der Waals surface area contributed by atoms with E-state index in [9.17, 15) is 13.2 Å². The van der Waals surface area contributed by atoms with Gasteiger partial charge in [-0.05, 0) is 31.2 Å². The van der Waals surface area contributed by atoms with E-state index in [4.69, 9.17) is 0 Å². The molecule has 86 valence electrons. The quantitative estimate of drug-likeness (QED) is 0.615. The van der Waals surface area contributed by atoms with E-state index in [1.165, 1.54) is 12.1 Å². The third-order valence-electron chi connectivity index (χ3n) is 1.97. The van der Waals surface area contributed by atoms with Crippen LogP contribution in [0.4, 0.5) is 18.9 Å². The number of benzene rings is 1. The van der Waals surface area contributed by atoms with Crippen molar-refractivity contribution in [2.75, 3.05) is 11.9 Å². The summed E-state index contributed by atoms with van der Waals surface area (Å²) in [4.78, 5) is 0. The third-order valence-corrected chi connectivity index (χ3v) is 1.97. The molecule has 0 radical (unpaired) electrons. The van der Waals surface area contributed by atoms with Crippen LogP contribution in [0.5, 0.6) is 0 Å². The van der Waals surface area contributed by atoms with Gasteiger partial charge in [-0.2, -0.15) is 13.2 Å². The molecule has 0 unspecified atom stereocenters. The minimum atomic E-state index is -4.27. The lowest BCUT2D eigenvalue weighted by Gasteiger charge is -2.08. The van der Waals surface area contributed by atoms with Gasteiger partial charge in [0.15, 0.2) is 0 Å². The van der Waals surface area contributed by atoms with Crippen LogP contribution in [0.25, 0.3) is 0 Å².